The Kier molecular flexibility index (Phi) is 5.91. The Hall–Kier alpha value is -1.84. The number of anilines is 1. The van der Waals surface area contributed by atoms with E-state index in [1.165, 1.54) is 5.69 Å². The molecule has 4 nitrogen and oxygen atoms in total. The van der Waals surface area contributed by atoms with E-state index in [9.17, 15) is 4.79 Å². The molecule has 0 saturated heterocycles. The summed E-state index contributed by atoms with van der Waals surface area (Å²) >= 11 is 0. The van der Waals surface area contributed by atoms with Gasteiger partial charge in [0.25, 0.3) is 0 Å². The Balaban J connectivity index is 2.62. The Labute approximate surface area is 109 Å². The number of benzene rings is 1. The molecule has 1 aromatic carbocycles. The van der Waals surface area contributed by atoms with Crippen molar-refractivity contribution in [2.45, 2.75) is 27.2 Å². The number of hydrogen-bond acceptors (Lipinski definition) is 3. The first kappa shape index (κ1) is 14.2. The summed E-state index contributed by atoms with van der Waals surface area (Å²) in [6.07, 6.45) is 2.10. The lowest BCUT2D eigenvalue weighted by molar-refractivity contribution is -0.120. The SMILES string of the molecule is CCC(=O)N/N=C\c1ccc(N(CC)CC)cc1. The van der Waals surface area contributed by atoms with Crippen molar-refractivity contribution in [2.24, 2.45) is 5.10 Å². The van der Waals surface area contributed by atoms with Crippen molar-refractivity contribution >= 4 is 17.8 Å². The molecule has 0 aliphatic carbocycles. The monoisotopic (exact) mass is 247 g/mol. The normalized spacial score (nSPS) is 10.6. The fraction of sp³-hybridized carbons (Fsp3) is 0.429. The van der Waals surface area contributed by atoms with Crippen LogP contribution in [-0.2, 0) is 4.79 Å². The molecule has 1 amide bonds. The van der Waals surface area contributed by atoms with Crippen molar-refractivity contribution in [3.05, 3.63) is 29.8 Å². The van der Waals surface area contributed by atoms with Crippen LogP contribution in [0.5, 0.6) is 0 Å². The van der Waals surface area contributed by atoms with Gasteiger partial charge < -0.3 is 4.90 Å². The molecule has 0 atom stereocenters. The van der Waals surface area contributed by atoms with E-state index in [0.717, 1.165) is 18.7 Å². The minimum absolute atomic E-state index is 0.0778. The number of hydrazone groups is 1. The van der Waals surface area contributed by atoms with Gasteiger partial charge in [0.05, 0.1) is 6.21 Å². The first-order valence-corrected chi connectivity index (χ1v) is 6.38. The Morgan fingerprint density at radius 2 is 1.83 bits per heavy atom. The van der Waals surface area contributed by atoms with Crippen LogP contribution in [0.3, 0.4) is 0 Å². The second-order valence-electron chi connectivity index (χ2n) is 3.91. The molecule has 4 heteroatoms. The second-order valence-corrected chi connectivity index (χ2v) is 3.91. The number of rotatable bonds is 6. The van der Waals surface area contributed by atoms with Crippen LogP contribution in [0.2, 0.25) is 0 Å². The van der Waals surface area contributed by atoms with Crippen molar-refractivity contribution in [1.82, 2.24) is 5.43 Å². The van der Waals surface area contributed by atoms with Gasteiger partial charge in [0.2, 0.25) is 5.91 Å². The van der Waals surface area contributed by atoms with Gasteiger partial charge >= 0.3 is 0 Å². The van der Waals surface area contributed by atoms with Gasteiger partial charge in [-0.15, -0.1) is 0 Å². The van der Waals surface area contributed by atoms with Crippen molar-refractivity contribution < 1.29 is 4.79 Å². The molecule has 18 heavy (non-hydrogen) atoms. The highest BCUT2D eigenvalue weighted by atomic mass is 16.2. The van der Waals surface area contributed by atoms with Crippen LogP contribution in [0.15, 0.2) is 29.4 Å². The van der Waals surface area contributed by atoms with Gasteiger partial charge in [-0.05, 0) is 31.5 Å². The Bertz CT molecular complexity index is 394. The number of nitrogens with one attached hydrogen (secondary N) is 1. The highest BCUT2D eigenvalue weighted by Gasteiger charge is 2.00. The first-order chi connectivity index (χ1) is 8.71. The zero-order valence-electron chi connectivity index (χ0n) is 11.3. The van der Waals surface area contributed by atoms with Crippen LogP contribution in [0.4, 0.5) is 5.69 Å². The third kappa shape index (κ3) is 4.20. The third-order valence-electron chi connectivity index (χ3n) is 2.75. The van der Waals surface area contributed by atoms with Gasteiger partial charge in [-0.3, -0.25) is 4.79 Å². The topological polar surface area (TPSA) is 44.7 Å². The summed E-state index contributed by atoms with van der Waals surface area (Å²) in [5.74, 6) is -0.0778. The average Bonchev–Trinajstić information content (AvgIpc) is 2.41. The van der Waals surface area contributed by atoms with Crippen LogP contribution >= 0.6 is 0 Å². The number of carbonyl (C=O) groups is 1. The largest absolute Gasteiger partial charge is 0.372 e. The van der Waals surface area contributed by atoms with Crippen LogP contribution in [0.1, 0.15) is 32.8 Å². The molecule has 0 saturated carbocycles. The van der Waals surface area contributed by atoms with Crippen LogP contribution < -0.4 is 10.3 Å². The predicted molar refractivity (Wildman–Crippen MR) is 76.0 cm³/mol. The molecule has 1 N–H and O–H groups in total. The molecular formula is C14H21N3O. The smallest absolute Gasteiger partial charge is 0.239 e. The summed E-state index contributed by atoms with van der Waals surface area (Å²) in [6.45, 7) is 8.06. The zero-order valence-corrected chi connectivity index (χ0v) is 11.3. The van der Waals surface area contributed by atoms with Gasteiger partial charge in [-0.2, -0.15) is 5.10 Å². The molecule has 0 unspecified atom stereocenters. The lowest BCUT2D eigenvalue weighted by Gasteiger charge is -2.20. The molecule has 0 aromatic heterocycles. The summed E-state index contributed by atoms with van der Waals surface area (Å²) in [5.41, 5.74) is 4.64. The Morgan fingerprint density at radius 3 is 2.33 bits per heavy atom. The van der Waals surface area contributed by atoms with E-state index in [4.69, 9.17) is 0 Å². The van der Waals surface area contributed by atoms with Crippen LogP contribution in [-0.4, -0.2) is 25.2 Å². The molecule has 1 aromatic rings. The molecule has 1 rings (SSSR count). The molecule has 98 valence electrons. The maximum absolute atomic E-state index is 11.0. The predicted octanol–water partition coefficient (Wildman–Crippen LogP) is 2.39. The maximum atomic E-state index is 11.0. The molecule has 0 fully saturated rings. The maximum Gasteiger partial charge on any atom is 0.239 e. The van der Waals surface area contributed by atoms with Crippen LogP contribution in [0, 0.1) is 0 Å². The summed E-state index contributed by atoms with van der Waals surface area (Å²) < 4.78 is 0. The minimum atomic E-state index is -0.0778. The summed E-state index contributed by atoms with van der Waals surface area (Å²) in [7, 11) is 0. The number of amides is 1. The van der Waals surface area contributed by atoms with Gasteiger partial charge in [-0.1, -0.05) is 19.1 Å². The van der Waals surface area contributed by atoms with Gasteiger partial charge in [0, 0.05) is 25.2 Å². The summed E-state index contributed by atoms with van der Waals surface area (Å²) in [4.78, 5) is 13.3. The molecule has 0 aliphatic rings. The van der Waals surface area contributed by atoms with Crippen LogP contribution in [0.25, 0.3) is 0 Å². The third-order valence-corrected chi connectivity index (χ3v) is 2.75. The molecule has 0 aliphatic heterocycles. The fourth-order valence-corrected chi connectivity index (χ4v) is 1.62. The highest BCUT2D eigenvalue weighted by molar-refractivity contribution is 5.82. The van der Waals surface area contributed by atoms with Gasteiger partial charge in [-0.25, -0.2) is 5.43 Å². The van der Waals surface area contributed by atoms with Gasteiger partial charge in [0.1, 0.15) is 0 Å². The molecule has 0 radical (unpaired) electrons. The first-order valence-electron chi connectivity index (χ1n) is 6.38. The number of hydrogen-bond donors (Lipinski definition) is 1. The van der Waals surface area contributed by atoms with Gasteiger partial charge in [0.15, 0.2) is 0 Å². The number of nitrogens with zero attached hydrogens (tertiary/aromatic N) is 2. The Morgan fingerprint density at radius 1 is 1.22 bits per heavy atom. The standard InChI is InChI=1S/C14H21N3O/c1-4-14(18)16-15-11-12-7-9-13(10-8-12)17(5-2)6-3/h7-11H,4-6H2,1-3H3,(H,16,18)/b15-11-. The fourth-order valence-electron chi connectivity index (χ4n) is 1.62. The molecule has 0 bridgehead atoms. The van der Waals surface area contributed by atoms with Crippen molar-refractivity contribution in [2.75, 3.05) is 18.0 Å². The quantitative estimate of drug-likeness (QED) is 0.619. The van der Waals surface area contributed by atoms with Crippen molar-refractivity contribution in [1.29, 1.82) is 0 Å². The van der Waals surface area contributed by atoms with E-state index in [1.54, 1.807) is 13.1 Å². The van der Waals surface area contributed by atoms with E-state index >= 15 is 0 Å². The average molecular weight is 247 g/mol. The highest BCUT2D eigenvalue weighted by Crippen LogP contribution is 2.13. The van der Waals surface area contributed by atoms with E-state index in [1.807, 2.05) is 12.1 Å². The van der Waals surface area contributed by atoms with E-state index < -0.39 is 0 Å². The van der Waals surface area contributed by atoms with E-state index in [2.05, 4.69) is 41.4 Å². The summed E-state index contributed by atoms with van der Waals surface area (Å²) in [6, 6.07) is 8.12. The lowest BCUT2D eigenvalue weighted by Crippen LogP contribution is -2.21. The second kappa shape index (κ2) is 7.48. The molecular weight excluding hydrogens is 226 g/mol. The molecule has 0 heterocycles. The lowest BCUT2D eigenvalue weighted by atomic mass is 10.2. The number of carbonyl (C=O) groups excluding carboxylic acids is 1. The zero-order chi connectivity index (χ0) is 13.4. The summed E-state index contributed by atoms with van der Waals surface area (Å²) in [5, 5.41) is 3.89. The van der Waals surface area contributed by atoms with Crippen molar-refractivity contribution in [3.63, 3.8) is 0 Å². The van der Waals surface area contributed by atoms with Crippen molar-refractivity contribution in [3.8, 4) is 0 Å². The molecule has 0 spiro atoms. The minimum Gasteiger partial charge on any atom is -0.372 e. The van der Waals surface area contributed by atoms with E-state index in [0.29, 0.717) is 6.42 Å². The van der Waals surface area contributed by atoms with E-state index in [-0.39, 0.29) is 5.91 Å².